The minimum atomic E-state index is -0.399. The van der Waals surface area contributed by atoms with Gasteiger partial charge >= 0.3 is 0 Å². The number of aromatic nitrogens is 2. The van der Waals surface area contributed by atoms with Crippen molar-refractivity contribution in [2.75, 3.05) is 12.0 Å². The van der Waals surface area contributed by atoms with Gasteiger partial charge < -0.3 is 14.6 Å². The molecule has 3 aromatic carbocycles. The number of halogens is 1. The molecule has 0 fully saturated rings. The van der Waals surface area contributed by atoms with Crippen molar-refractivity contribution in [1.29, 1.82) is 0 Å². The number of rotatable bonds is 5. The number of hydrogen-bond acceptors (Lipinski definition) is 5. The molecule has 0 aliphatic carbocycles. The van der Waals surface area contributed by atoms with Gasteiger partial charge in [0.05, 0.1) is 18.7 Å². The molecule has 0 bridgehead atoms. The maximum atomic E-state index is 13.7. The fourth-order valence-corrected chi connectivity index (χ4v) is 4.48. The van der Waals surface area contributed by atoms with Crippen molar-refractivity contribution in [1.82, 2.24) is 15.5 Å². The lowest BCUT2D eigenvalue weighted by molar-refractivity contribution is 0.404. The second-order valence-electron chi connectivity index (χ2n) is 8.26. The van der Waals surface area contributed by atoms with Gasteiger partial charge in [0.25, 0.3) is 5.89 Å². The third-order valence-corrected chi connectivity index (χ3v) is 6.29. The van der Waals surface area contributed by atoms with Gasteiger partial charge in [-0.2, -0.15) is 4.98 Å². The van der Waals surface area contributed by atoms with Crippen LogP contribution in [0.4, 0.5) is 10.1 Å². The molecule has 0 radical (unpaired) electrons. The van der Waals surface area contributed by atoms with Crippen LogP contribution >= 0.6 is 12.2 Å². The van der Waals surface area contributed by atoms with Crippen molar-refractivity contribution in [2.24, 2.45) is 0 Å². The smallest absolute Gasteiger partial charge is 0.258 e. The fourth-order valence-electron chi connectivity index (χ4n) is 4.12. The minimum Gasteiger partial charge on any atom is -0.497 e. The highest BCUT2D eigenvalue weighted by molar-refractivity contribution is 7.80. The van der Waals surface area contributed by atoms with Crippen molar-refractivity contribution < 1.29 is 13.7 Å². The van der Waals surface area contributed by atoms with Crippen LogP contribution in [0.25, 0.3) is 17.0 Å². The van der Waals surface area contributed by atoms with Crippen molar-refractivity contribution in [2.45, 2.75) is 19.9 Å². The van der Waals surface area contributed by atoms with Crippen LogP contribution in [-0.4, -0.2) is 22.4 Å². The Morgan fingerprint density at radius 1 is 0.971 bits per heavy atom. The Bertz CT molecular complexity index is 1400. The molecule has 8 heteroatoms. The minimum absolute atomic E-state index is 0.311. The van der Waals surface area contributed by atoms with E-state index in [1.807, 2.05) is 67.3 Å². The van der Waals surface area contributed by atoms with Crippen LogP contribution in [0, 0.1) is 12.7 Å². The second kappa shape index (κ2) is 9.31. The lowest BCUT2D eigenvalue weighted by atomic mass is 9.94. The average Bonchev–Trinajstić information content (AvgIpc) is 3.35. The Morgan fingerprint density at radius 3 is 2.31 bits per heavy atom. The Kier molecular flexibility index (Phi) is 6.05. The van der Waals surface area contributed by atoms with Crippen LogP contribution in [0.3, 0.4) is 0 Å². The number of anilines is 1. The van der Waals surface area contributed by atoms with Crippen molar-refractivity contribution >= 4 is 28.6 Å². The lowest BCUT2D eigenvalue weighted by Crippen LogP contribution is -2.46. The molecule has 1 N–H and O–H groups in total. The Morgan fingerprint density at radius 2 is 1.66 bits per heavy atom. The van der Waals surface area contributed by atoms with Gasteiger partial charge in [-0.3, -0.25) is 4.90 Å². The van der Waals surface area contributed by atoms with Gasteiger partial charge in [0, 0.05) is 16.9 Å². The lowest BCUT2D eigenvalue weighted by Gasteiger charge is -2.37. The highest BCUT2D eigenvalue weighted by Gasteiger charge is 2.34. The molecule has 4 aromatic rings. The molecule has 176 valence electrons. The molecule has 35 heavy (non-hydrogen) atoms. The average molecular weight is 487 g/mol. The number of nitrogens with one attached hydrogen (secondary N) is 1. The quantitative estimate of drug-likeness (QED) is 0.344. The summed E-state index contributed by atoms with van der Waals surface area (Å²) >= 11 is 5.76. The molecule has 5 rings (SSSR count). The highest BCUT2D eigenvalue weighted by atomic mass is 32.1. The van der Waals surface area contributed by atoms with Crippen LogP contribution in [0.2, 0.25) is 0 Å². The van der Waals surface area contributed by atoms with E-state index >= 15 is 0 Å². The fraction of sp³-hybridized carbons (Fsp3) is 0.148. The molecule has 0 saturated heterocycles. The number of thiocarbonyl (C=S) groups is 1. The number of nitrogens with zero attached hydrogens (tertiary/aromatic N) is 3. The van der Waals surface area contributed by atoms with Gasteiger partial charge in [0.1, 0.15) is 11.6 Å². The maximum Gasteiger partial charge on any atom is 0.258 e. The van der Waals surface area contributed by atoms with Crippen LogP contribution in [0.5, 0.6) is 5.75 Å². The highest BCUT2D eigenvalue weighted by Crippen LogP contribution is 2.39. The molecule has 1 atom stereocenters. The van der Waals surface area contributed by atoms with Crippen molar-refractivity contribution in [3.8, 4) is 17.1 Å². The summed E-state index contributed by atoms with van der Waals surface area (Å²) in [5.41, 5.74) is 5.27. The van der Waals surface area contributed by atoms with Gasteiger partial charge in [0.15, 0.2) is 5.11 Å². The Hall–Kier alpha value is -4.04. The summed E-state index contributed by atoms with van der Waals surface area (Å²) in [4.78, 5) is 6.63. The molecule has 0 amide bonds. The first-order chi connectivity index (χ1) is 16.9. The van der Waals surface area contributed by atoms with Gasteiger partial charge in [-0.25, -0.2) is 4.39 Å². The third kappa shape index (κ3) is 4.40. The zero-order chi connectivity index (χ0) is 24.5. The summed E-state index contributed by atoms with van der Waals surface area (Å²) in [5, 5.41) is 8.12. The first-order valence-corrected chi connectivity index (χ1v) is 11.5. The molecule has 1 aromatic heterocycles. The largest absolute Gasteiger partial charge is 0.497 e. The monoisotopic (exact) mass is 486 g/mol. The molecular formula is C27H23FN4O2S. The van der Waals surface area contributed by atoms with E-state index in [0.717, 1.165) is 39.4 Å². The molecular weight excluding hydrogens is 463 g/mol. The first kappa shape index (κ1) is 22.7. The van der Waals surface area contributed by atoms with Crippen LogP contribution in [-0.2, 0) is 0 Å². The maximum absolute atomic E-state index is 13.7. The van der Waals surface area contributed by atoms with E-state index in [0.29, 0.717) is 16.8 Å². The SMILES string of the molecule is COc1ccc(N2C(=S)NC(c3ccc(F)cc3)C(c3nc(-c4ccc(C)cc4)no3)=C2C)cc1. The number of ether oxygens (including phenoxy) is 1. The third-order valence-electron chi connectivity index (χ3n) is 5.98. The summed E-state index contributed by atoms with van der Waals surface area (Å²) in [5.74, 6) is 1.28. The van der Waals surface area contributed by atoms with E-state index < -0.39 is 6.04 Å². The molecule has 0 spiro atoms. The summed E-state index contributed by atoms with van der Waals surface area (Å²) in [6.07, 6.45) is 0. The predicted molar refractivity (Wildman–Crippen MR) is 137 cm³/mol. The zero-order valence-electron chi connectivity index (χ0n) is 19.4. The van der Waals surface area contributed by atoms with Crippen molar-refractivity contribution in [3.05, 3.63) is 101 Å². The number of hydrogen-bond donors (Lipinski definition) is 1. The molecule has 1 aliphatic heterocycles. The summed E-state index contributed by atoms with van der Waals surface area (Å²) in [6, 6.07) is 21.4. The van der Waals surface area contributed by atoms with E-state index in [2.05, 4.69) is 10.5 Å². The molecule has 0 saturated carbocycles. The van der Waals surface area contributed by atoms with Gasteiger partial charge in [-0.1, -0.05) is 47.1 Å². The van der Waals surface area contributed by atoms with E-state index in [9.17, 15) is 4.39 Å². The first-order valence-electron chi connectivity index (χ1n) is 11.1. The van der Waals surface area contributed by atoms with Gasteiger partial charge in [-0.15, -0.1) is 0 Å². The number of benzene rings is 3. The summed E-state index contributed by atoms with van der Waals surface area (Å²) < 4.78 is 24.7. The number of allylic oxidation sites excluding steroid dienone is 1. The molecule has 1 aliphatic rings. The Labute approximate surface area is 208 Å². The molecule has 6 nitrogen and oxygen atoms in total. The van der Waals surface area contributed by atoms with E-state index in [4.69, 9.17) is 26.5 Å². The normalized spacial score (nSPS) is 15.8. The predicted octanol–water partition coefficient (Wildman–Crippen LogP) is 6.06. The number of methoxy groups -OCH3 is 1. The van der Waals surface area contributed by atoms with E-state index in [1.165, 1.54) is 12.1 Å². The Balaban J connectivity index is 1.63. The van der Waals surface area contributed by atoms with Gasteiger partial charge in [0.2, 0.25) is 5.82 Å². The number of aryl methyl sites for hydroxylation is 1. The van der Waals surface area contributed by atoms with E-state index in [1.54, 1.807) is 19.2 Å². The van der Waals surface area contributed by atoms with Crippen LogP contribution in [0.1, 0.15) is 30.0 Å². The second-order valence-corrected chi connectivity index (χ2v) is 8.64. The molecule has 1 unspecified atom stereocenters. The van der Waals surface area contributed by atoms with Gasteiger partial charge in [-0.05, 0) is 68.0 Å². The summed E-state index contributed by atoms with van der Waals surface area (Å²) in [7, 11) is 1.62. The van der Waals surface area contributed by atoms with Crippen LogP contribution in [0.15, 0.2) is 83.0 Å². The standard InChI is InChI=1S/C27H23FN4O2S/c1-16-4-6-19(7-5-16)25-30-26(34-31-25)23-17(2)32(21-12-14-22(33-3)15-13-21)27(35)29-24(23)18-8-10-20(28)11-9-18/h4-15,24H,1-3H3,(H,29,35). The topological polar surface area (TPSA) is 63.4 Å². The van der Waals surface area contributed by atoms with E-state index in [-0.39, 0.29) is 5.82 Å². The zero-order valence-corrected chi connectivity index (χ0v) is 20.3. The van der Waals surface area contributed by atoms with Crippen LogP contribution < -0.4 is 15.0 Å². The van der Waals surface area contributed by atoms with Crippen molar-refractivity contribution in [3.63, 3.8) is 0 Å². The molecule has 2 heterocycles. The summed E-state index contributed by atoms with van der Waals surface area (Å²) in [6.45, 7) is 3.98.